The standard InChI is InChI=1S/C12H17BrN2O3S/c1-9-7-10(5-6-11(9)13)15(3)12(16)8-14(2)19(4,17)18/h5-7H,8H2,1-4H3. The van der Waals surface area contributed by atoms with Gasteiger partial charge in [0.1, 0.15) is 0 Å². The molecule has 1 aromatic rings. The van der Waals surface area contributed by atoms with Crippen LogP contribution in [0, 0.1) is 6.92 Å². The number of amides is 1. The summed E-state index contributed by atoms with van der Waals surface area (Å²) < 4.78 is 24.5. The van der Waals surface area contributed by atoms with Crippen LogP contribution in [0.2, 0.25) is 0 Å². The van der Waals surface area contributed by atoms with Crippen LogP contribution in [-0.4, -0.2) is 45.5 Å². The van der Waals surface area contributed by atoms with E-state index in [9.17, 15) is 13.2 Å². The monoisotopic (exact) mass is 348 g/mol. The molecule has 0 saturated carbocycles. The second-order valence-corrected chi connectivity index (χ2v) is 7.35. The molecular formula is C12H17BrN2O3S. The van der Waals surface area contributed by atoms with Gasteiger partial charge in [-0.1, -0.05) is 15.9 Å². The molecule has 5 nitrogen and oxygen atoms in total. The molecule has 0 aliphatic carbocycles. The number of sulfonamides is 1. The van der Waals surface area contributed by atoms with Crippen LogP contribution in [0.25, 0.3) is 0 Å². The Morgan fingerprint density at radius 2 is 1.89 bits per heavy atom. The van der Waals surface area contributed by atoms with Crippen LogP contribution in [0.1, 0.15) is 5.56 Å². The van der Waals surface area contributed by atoms with E-state index in [-0.39, 0.29) is 12.5 Å². The van der Waals surface area contributed by atoms with Crippen molar-refractivity contribution in [3.05, 3.63) is 28.2 Å². The maximum absolute atomic E-state index is 12.0. The zero-order valence-corrected chi connectivity index (χ0v) is 13.7. The quantitative estimate of drug-likeness (QED) is 0.830. The van der Waals surface area contributed by atoms with Crippen molar-refractivity contribution in [2.45, 2.75) is 6.92 Å². The van der Waals surface area contributed by atoms with E-state index in [1.807, 2.05) is 19.1 Å². The Bertz CT molecular complexity index is 587. The summed E-state index contributed by atoms with van der Waals surface area (Å²) in [5, 5.41) is 0. The van der Waals surface area contributed by atoms with Crippen molar-refractivity contribution < 1.29 is 13.2 Å². The zero-order valence-electron chi connectivity index (χ0n) is 11.3. The Kier molecular flexibility index (Phi) is 5.11. The Labute approximate surface area is 122 Å². The number of aryl methyl sites for hydroxylation is 1. The van der Waals surface area contributed by atoms with Gasteiger partial charge in [0, 0.05) is 24.3 Å². The lowest BCUT2D eigenvalue weighted by molar-refractivity contribution is -0.118. The third kappa shape index (κ3) is 4.29. The van der Waals surface area contributed by atoms with Crippen LogP contribution in [0.15, 0.2) is 22.7 Å². The van der Waals surface area contributed by atoms with Gasteiger partial charge in [-0.15, -0.1) is 0 Å². The van der Waals surface area contributed by atoms with Crippen LogP contribution in [0.3, 0.4) is 0 Å². The van der Waals surface area contributed by atoms with Crippen molar-refractivity contribution in [1.29, 1.82) is 0 Å². The molecule has 0 heterocycles. The molecule has 0 saturated heterocycles. The van der Waals surface area contributed by atoms with E-state index in [1.54, 1.807) is 13.1 Å². The normalized spacial score (nSPS) is 11.7. The van der Waals surface area contributed by atoms with Crippen molar-refractivity contribution in [2.75, 3.05) is 31.8 Å². The van der Waals surface area contributed by atoms with Crippen molar-refractivity contribution in [2.24, 2.45) is 0 Å². The van der Waals surface area contributed by atoms with E-state index < -0.39 is 10.0 Å². The predicted molar refractivity (Wildman–Crippen MR) is 79.8 cm³/mol. The predicted octanol–water partition coefficient (Wildman–Crippen LogP) is 1.61. The summed E-state index contributed by atoms with van der Waals surface area (Å²) in [5.74, 6) is -0.283. The highest BCUT2D eigenvalue weighted by Crippen LogP contribution is 2.22. The van der Waals surface area contributed by atoms with E-state index in [1.165, 1.54) is 11.9 Å². The fraction of sp³-hybridized carbons (Fsp3) is 0.417. The molecule has 0 aliphatic rings. The molecule has 0 bridgehead atoms. The van der Waals surface area contributed by atoms with Crippen molar-refractivity contribution in [1.82, 2.24) is 4.31 Å². The highest BCUT2D eigenvalue weighted by Gasteiger charge is 2.19. The number of carbonyl (C=O) groups is 1. The molecule has 0 unspecified atom stereocenters. The first-order chi connectivity index (χ1) is 8.62. The van der Waals surface area contributed by atoms with Gasteiger partial charge < -0.3 is 4.90 Å². The highest BCUT2D eigenvalue weighted by atomic mass is 79.9. The molecule has 0 radical (unpaired) electrons. The Hall–Kier alpha value is -0.920. The summed E-state index contributed by atoms with van der Waals surface area (Å²) in [6.07, 6.45) is 1.07. The molecule has 0 spiro atoms. The van der Waals surface area contributed by atoms with Crippen LogP contribution in [-0.2, 0) is 14.8 Å². The largest absolute Gasteiger partial charge is 0.314 e. The zero-order chi connectivity index (χ0) is 14.8. The van der Waals surface area contributed by atoms with Gasteiger partial charge in [-0.25, -0.2) is 8.42 Å². The first-order valence-electron chi connectivity index (χ1n) is 5.57. The highest BCUT2D eigenvalue weighted by molar-refractivity contribution is 9.10. The number of anilines is 1. The Balaban J connectivity index is 2.85. The van der Waals surface area contributed by atoms with Crippen molar-refractivity contribution >= 4 is 37.5 Å². The summed E-state index contributed by atoms with van der Waals surface area (Å²) in [5.41, 5.74) is 1.74. The summed E-state index contributed by atoms with van der Waals surface area (Å²) in [7, 11) is -0.341. The summed E-state index contributed by atoms with van der Waals surface area (Å²) in [6, 6.07) is 5.52. The van der Waals surface area contributed by atoms with Gasteiger partial charge in [0.25, 0.3) is 0 Å². The van der Waals surface area contributed by atoms with Gasteiger partial charge in [0.15, 0.2) is 0 Å². The molecule has 1 aromatic carbocycles. The molecule has 1 amide bonds. The number of benzene rings is 1. The fourth-order valence-electron chi connectivity index (χ4n) is 1.40. The van der Waals surface area contributed by atoms with Gasteiger partial charge in [-0.3, -0.25) is 4.79 Å². The molecular weight excluding hydrogens is 332 g/mol. The molecule has 0 aromatic heterocycles. The summed E-state index contributed by atoms with van der Waals surface area (Å²) in [6.45, 7) is 1.75. The molecule has 1 rings (SSSR count). The molecule has 106 valence electrons. The molecule has 19 heavy (non-hydrogen) atoms. The second kappa shape index (κ2) is 6.02. The number of hydrogen-bond acceptors (Lipinski definition) is 3. The van der Waals surface area contributed by atoms with Crippen LogP contribution in [0.4, 0.5) is 5.69 Å². The molecule has 0 fully saturated rings. The van der Waals surface area contributed by atoms with Crippen LogP contribution >= 0.6 is 15.9 Å². The van der Waals surface area contributed by atoms with E-state index in [2.05, 4.69) is 15.9 Å². The number of halogens is 1. The molecule has 7 heteroatoms. The van der Waals surface area contributed by atoms with Gasteiger partial charge >= 0.3 is 0 Å². The van der Waals surface area contributed by atoms with Crippen LogP contribution < -0.4 is 4.90 Å². The van der Waals surface area contributed by atoms with E-state index in [4.69, 9.17) is 0 Å². The maximum Gasteiger partial charge on any atom is 0.242 e. The number of nitrogens with zero attached hydrogens (tertiary/aromatic N) is 2. The first kappa shape index (κ1) is 16.1. The summed E-state index contributed by atoms with van der Waals surface area (Å²) in [4.78, 5) is 13.5. The number of likely N-dealkylation sites (N-methyl/N-ethyl adjacent to an activating group) is 2. The Morgan fingerprint density at radius 3 is 2.37 bits per heavy atom. The minimum atomic E-state index is -3.35. The molecule has 0 N–H and O–H groups in total. The average Bonchev–Trinajstić information content (AvgIpc) is 2.30. The third-order valence-electron chi connectivity index (χ3n) is 2.83. The van der Waals surface area contributed by atoms with Crippen LogP contribution in [0.5, 0.6) is 0 Å². The number of carbonyl (C=O) groups excluding carboxylic acids is 1. The van der Waals surface area contributed by atoms with Gasteiger partial charge in [-0.05, 0) is 30.7 Å². The number of hydrogen-bond donors (Lipinski definition) is 0. The van der Waals surface area contributed by atoms with Crippen molar-refractivity contribution in [3.63, 3.8) is 0 Å². The lowest BCUT2D eigenvalue weighted by Crippen LogP contribution is -2.39. The topological polar surface area (TPSA) is 57.7 Å². The minimum Gasteiger partial charge on any atom is -0.314 e. The van der Waals surface area contributed by atoms with Gasteiger partial charge in [0.2, 0.25) is 15.9 Å². The van der Waals surface area contributed by atoms with Gasteiger partial charge in [-0.2, -0.15) is 4.31 Å². The lowest BCUT2D eigenvalue weighted by Gasteiger charge is -2.21. The smallest absolute Gasteiger partial charge is 0.242 e. The van der Waals surface area contributed by atoms with Crippen molar-refractivity contribution in [3.8, 4) is 0 Å². The fourth-order valence-corrected chi connectivity index (χ4v) is 1.99. The second-order valence-electron chi connectivity index (χ2n) is 4.41. The SMILES string of the molecule is Cc1cc(N(C)C(=O)CN(C)S(C)(=O)=O)ccc1Br. The average molecular weight is 349 g/mol. The van der Waals surface area contributed by atoms with E-state index in [0.717, 1.165) is 26.3 Å². The summed E-state index contributed by atoms with van der Waals surface area (Å²) >= 11 is 3.39. The first-order valence-corrected chi connectivity index (χ1v) is 8.21. The van der Waals surface area contributed by atoms with Gasteiger partial charge in [0.05, 0.1) is 12.8 Å². The Morgan fingerprint density at radius 1 is 1.32 bits per heavy atom. The van der Waals surface area contributed by atoms with E-state index >= 15 is 0 Å². The molecule has 0 atom stereocenters. The van der Waals surface area contributed by atoms with E-state index in [0.29, 0.717) is 0 Å². The third-order valence-corrected chi connectivity index (χ3v) is 4.98. The number of rotatable bonds is 4. The maximum atomic E-state index is 12.0. The minimum absolute atomic E-state index is 0.176. The lowest BCUT2D eigenvalue weighted by atomic mass is 10.2. The molecule has 0 aliphatic heterocycles.